The van der Waals surface area contributed by atoms with Gasteiger partial charge in [-0.3, -0.25) is 0 Å². The first-order valence-electron chi connectivity index (χ1n) is 4.06. The fourth-order valence-corrected chi connectivity index (χ4v) is 1.73. The van der Waals surface area contributed by atoms with Gasteiger partial charge in [0.25, 0.3) is 0 Å². The molecule has 0 heterocycles. The SMILES string of the molecule is CCC(CC)C(F)(P)CC. The van der Waals surface area contributed by atoms with Crippen LogP contribution in [0.5, 0.6) is 0 Å². The highest BCUT2D eigenvalue weighted by Crippen LogP contribution is 2.36. The summed E-state index contributed by atoms with van der Waals surface area (Å²) in [4.78, 5) is 0. The normalized spacial score (nSPS) is 17.4. The van der Waals surface area contributed by atoms with Crippen molar-refractivity contribution in [3.8, 4) is 0 Å². The Hall–Kier alpha value is 0.360. The van der Waals surface area contributed by atoms with Crippen molar-refractivity contribution in [2.45, 2.75) is 45.4 Å². The van der Waals surface area contributed by atoms with Gasteiger partial charge in [0.15, 0.2) is 0 Å². The van der Waals surface area contributed by atoms with Crippen LogP contribution in [0.4, 0.5) is 4.39 Å². The lowest BCUT2D eigenvalue weighted by molar-refractivity contribution is 0.170. The standard InChI is InChI=1S/C8H18FP/c1-4-7(5-2)8(9,10)6-3/h7H,4-6,10H2,1-3H3. The van der Waals surface area contributed by atoms with Crippen molar-refractivity contribution >= 4 is 9.24 Å². The van der Waals surface area contributed by atoms with Crippen LogP contribution in [0.3, 0.4) is 0 Å². The monoisotopic (exact) mass is 164 g/mol. The molecule has 0 aliphatic carbocycles. The Morgan fingerprint density at radius 2 is 1.70 bits per heavy atom. The Balaban J connectivity index is 3.97. The van der Waals surface area contributed by atoms with Gasteiger partial charge in [-0.2, -0.15) is 0 Å². The number of hydrogen-bond donors (Lipinski definition) is 0. The van der Waals surface area contributed by atoms with E-state index >= 15 is 0 Å². The molecule has 0 aromatic heterocycles. The lowest BCUT2D eigenvalue weighted by atomic mass is 9.95. The van der Waals surface area contributed by atoms with E-state index in [1.54, 1.807) is 0 Å². The number of halogens is 1. The molecular weight excluding hydrogens is 146 g/mol. The molecule has 0 aromatic rings. The molecule has 0 rings (SSSR count). The van der Waals surface area contributed by atoms with Gasteiger partial charge >= 0.3 is 0 Å². The maximum absolute atomic E-state index is 13.4. The largest absolute Gasteiger partial charge is 0.239 e. The van der Waals surface area contributed by atoms with Crippen LogP contribution in [0, 0.1) is 5.92 Å². The van der Waals surface area contributed by atoms with Crippen molar-refractivity contribution in [3.05, 3.63) is 0 Å². The van der Waals surface area contributed by atoms with Crippen LogP contribution in [-0.4, -0.2) is 5.41 Å². The molecule has 2 atom stereocenters. The van der Waals surface area contributed by atoms with Crippen LogP contribution in [-0.2, 0) is 0 Å². The number of rotatable bonds is 4. The quantitative estimate of drug-likeness (QED) is 0.559. The zero-order chi connectivity index (χ0) is 8.20. The fourth-order valence-electron chi connectivity index (χ4n) is 1.26. The average Bonchev–Trinajstić information content (AvgIpc) is 1.90. The van der Waals surface area contributed by atoms with Crippen molar-refractivity contribution in [2.24, 2.45) is 5.92 Å². The Labute approximate surface area is 65.8 Å². The summed E-state index contributed by atoms with van der Waals surface area (Å²) in [7, 11) is 2.33. The van der Waals surface area contributed by atoms with E-state index in [0.717, 1.165) is 12.8 Å². The Bertz CT molecular complexity index is 87.3. The highest BCUT2D eigenvalue weighted by atomic mass is 31.0. The molecule has 0 aliphatic heterocycles. The van der Waals surface area contributed by atoms with Gasteiger partial charge in [-0.15, -0.1) is 0 Å². The third kappa shape index (κ3) is 2.54. The van der Waals surface area contributed by atoms with E-state index in [2.05, 4.69) is 9.24 Å². The molecule has 2 unspecified atom stereocenters. The number of alkyl halides is 1. The van der Waals surface area contributed by atoms with Crippen LogP contribution in [0.1, 0.15) is 40.0 Å². The second-order valence-electron chi connectivity index (χ2n) is 2.79. The van der Waals surface area contributed by atoms with E-state index in [9.17, 15) is 4.39 Å². The average molecular weight is 164 g/mol. The maximum Gasteiger partial charge on any atom is 0.126 e. The van der Waals surface area contributed by atoms with Crippen molar-refractivity contribution in [3.63, 3.8) is 0 Å². The van der Waals surface area contributed by atoms with Gasteiger partial charge < -0.3 is 0 Å². The zero-order valence-corrected chi connectivity index (χ0v) is 8.31. The Kier molecular flexibility index (Phi) is 4.44. The molecule has 2 heteroatoms. The lowest BCUT2D eigenvalue weighted by Gasteiger charge is -2.27. The molecule has 0 saturated carbocycles. The third-order valence-electron chi connectivity index (χ3n) is 2.21. The van der Waals surface area contributed by atoms with E-state index in [-0.39, 0.29) is 5.92 Å². The second-order valence-corrected chi connectivity index (χ2v) is 3.75. The van der Waals surface area contributed by atoms with Crippen LogP contribution in [0.2, 0.25) is 0 Å². The van der Waals surface area contributed by atoms with E-state index in [4.69, 9.17) is 0 Å². The van der Waals surface area contributed by atoms with Crippen LogP contribution >= 0.6 is 9.24 Å². The molecular formula is C8H18FP. The van der Waals surface area contributed by atoms with Crippen molar-refractivity contribution in [1.29, 1.82) is 0 Å². The van der Waals surface area contributed by atoms with Crippen LogP contribution in [0.25, 0.3) is 0 Å². The van der Waals surface area contributed by atoms with Gasteiger partial charge in [-0.1, -0.05) is 30.0 Å². The number of hydrogen-bond acceptors (Lipinski definition) is 0. The molecule has 0 radical (unpaired) electrons. The van der Waals surface area contributed by atoms with Crippen molar-refractivity contribution in [1.82, 2.24) is 0 Å². The topological polar surface area (TPSA) is 0 Å². The molecule has 0 N–H and O–H groups in total. The van der Waals surface area contributed by atoms with Gasteiger partial charge in [0.2, 0.25) is 0 Å². The molecule has 0 aliphatic rings. The first kappa shape index (κ1) is 10.4. The summed E-state index contributed by atoms with van der Waals surface area (Å²) in [6.45, 7) is 5.98. The summed E-state index contributed by atoms with van der Waals surface area (Å²) in [5.74, 6) is 0.211. The van der Waals surface area contributed by atoms with E-state index in [1.165, 1.54) is 0 Å². The minimum Gasteiger partial charge on any atom is -0.239 e. The van der Waals surface area contributed by atoms with Crippen molar-refractivity contribution < 1.29 is 4.39 Å². The third-order valence-corrected chi connectivity index (χ3v) is 3.09. The highest BCUT2D eigenvalue weighted by molar-refractivity contribution is 7.18. The highest BCUT2D eigenvalue weighted by Gasteiger charge is 2.29. The molecule has 10 heavy (non-hydrogen) atoms. The fraction of sp³-hybridized carbons (Fsp3) is 1.00. The van der Waals surface area contributed by atoms with Crippen LogP contribution in [0.15, 0.2) is 0 Å². The van der Waals surface area contributed by atoms with Gasteiger partial charge in [-0.25, -0.2) is 4.39 Å². The molecule has 0 bridgehead atoms. The van der Waals surface area contributed by atoms with E-state index in [1.807, 2.05) is 20.8 Å². The summed E-state index contributed by atoms with van der Waals surface area (Å²) >= 11 is 0. The van der Waals surface area contributed by atoms with Gasteiger partial charge in [-0.05, 0) is 25.2 Å². The summed E-state index contributed by atoms with van der Waals surface area (Å²) in [5, 5.41) is -1.02. The van der Waals surface area contributed by atoms with Crippen molar-refractivity contribution in [2.75, 3.05) is 0 Å². The molecule has 0 saturated heterocycles. The molecule has 0 amide bonds. The first-order chi connectivity index (χ1) is 4.58. The molecule has 62 valence electrons. The molecule has 0 nitrogen and oxygen atoms in total. The minimum absolute atomic E-state index is 0.211. The minimum atomic E-state index is -1.02. The van der Waals surface area contributed by atoms with E-state index < -0.39 is 5.41 Å². The lowest BCUT2D eigenvalue weighted by Crippen LogP contribution is -2.24. The summed E-state index contributed by atoms with van der Waals surface area (Å²) in [5.41, 5.74) is 0. The smallest absolute Gasteiger partial charge is 0.126 e. The second kappa shape index (κ2) is 4.28. The molecule has 0 aromatic carbocycles. The van der Waals surface area contributed by atoms with E-state index in [0.29, 0.717) is 6.42 Å². The molecule has 0 spiro atoms. The van der Waals surface area contributed by atoms with Gasteiger partial charge in [0, 0.05) is 0 Å². The summed E-state index contributed by atoms with van der Waals surface area (Å²) in [6, 6.07) is 0. The Morgan fingerprint density at radius 3 is 1.80 bits per heavy atom. The van der Waals surface area contributed by atoms with Gasteiger partial charge in [0.1, 0.15) is 5.41 Å². The summed E-state index contributed by atoms with van der Waals surface area (Å²) in [6.07, 6.45) is 2.47. The summed E-state index contributed by atoms with van der Waals surface area (Å²) < 4.78 is 13.4. The zero-order valence-electron chi connectivity index (χ0n) is 7.15. The first-order valence-corrected chi connectivity index (χ1v) is 4.64. The predicted octanol–water partition coefficient (Wildman–Crippen LogP) is 3.37. The maximum atomic E-state index is 13.4. The Morgan fingerprint density at radius 1 is 1.30 bits per heavy atom. The molecule has 0 fully saturated rings. The van der Waals surface area contributed by atoms with Gasteiger partial charge in [0.05, 0.1) is 0 Å². The van der Waals surface area contributed by atoms with Crippen LogP contribution < -0.4 is 0 Å². The predicted molar refractivity (Wildman–Crippen MR) is 47.9 cm³/mol.